The average molecular weight is 500 g/mol. The monoisotopic (exact) mass is 499 g/mol. The summed E-state index contributed by atoms with van der Waals surface area (Å²) < 4.78 is 12.9. The Labute approximate surface area is 213 Å². The SMILES string of the molecule is CO[C@]12CC[C@@]3(C[C@@H]1[C@](C)(O)C(C)(C)C)[C@H]1C(O)c4ccc(O)c5c4[C@@]3(CC[N+]1([O-])CC1CC1)[C@H]2O5. The van der Waals surface area contributed by atoms with E-state index in [0.717, 1.165) is 30.4 Å². The first-order valence-electron chi connectivity index (χ1n) is 13.9. The summed E-state index contributed by atoms with van der Waals surface area (Å²) in [4.78, 5) is 0. The van der Waals surface area contributed by atoms with Gasteiger partial charge in [0.25, 0.3) is 0 Å². The second-order valence-electron chi connectivity index (χ2n) is 14.3. The first kappa shape index (κ1) is 23.7. The molecule has 0 amide bonds. The van der Waals surface area contributed by atoms with Crippen molar-refractivity contribution in [3.8, 4) is 11.5 Å². The summed E-state index contributed by atoms with van der Waals surface area (Å²) in [5.41, 5.74) is -1.72. The van der Waals surface area contributed by atoms with Crippen LogP contribution in [0.2, 0.25) is 0 Å². The van der Waals surface area contributed by atoms with Crippen LogP contribution < -0.4 is 4.74 Å². The predicted octanol–water partition coefficient (Wildman–Crippen LogP) is 3.92. The van der Waals surface area contributed by atoms with Crippen molar-refractivity contribution in [2.24, 2.45) is 22.7 Å². The molecule has 198 valence electrons. The van der Waals surface area contributed by atoms with E-state index in [1.807, 2.05) is 13.0 Å². The van der Waals surface area contributed by atoms with E-state index in [1.54, 1.807) is 13.2 Å². The first-order valence-corrected chi connectivity index (χ1v) is 13.9. The molecule has 2 aliphatic heterocycles. The van der Waals surface area contributed by atoms with Gasteiger partial charge in [-0.15, -0.1) is 0 Å². The Morgan fingerprint density at radius 1 is 1.17 bits per heavy atom. The molecule has 4 bridgehead atoms. The van der Waals surface area contributed by atoms with E-state index in [0.29, 0.717) is 44.0 Å². The smallest absolute Gasteiger partial charge is 0.165 e. The minimum absolute atomic E-state index is 0.0783. The van der Waals surface area contributed by atoms with Crippen LogP contribution >= 0.6 is 0 Å². The normalized spacial score (nSPS) is 47.8. The summed E-state index contributed by atoms with van der Waals surface area (Å²) in [5, 5.41) is 50.1. The van der Waals surface area contributed by atoms with Gasteiger partial charge in [-0.25, -0.2) is 0 Å². The molecule has 4 saturated carbocycles. The van der Waals surface area contributed by atoms with E-state index in [9.17, 15) is 20.5 Å². The van der Waals surface area contributed by atoms with Crippen molar-refractivity contribution in [3.63, 3.8) is 0 Å². The Kier molecular flexibility index (Phi) is 4.35. The van der Waals surface area contributed by atoms with Crippen LogP contribution in [0.5, 0.6) is 11.5 Å². The zero-order valence-corrected chi connectivity index (χ0v) is 22.2. The number of phenols is 1. The maximum Gasteiger partial charge on any atom is 0.165 e. The van der Waals surface area contributed by atoms with Gasteiger partial charge in [0, 0.05) is 36.3 Å². The molecule has 7 heteroatoms. The highest BCUT2D eigenvalue weighted by Crippen LogP contribution is 2.79. The Morgan fingerprint density at radius 2 is 1.89 bits per heavy atom. The van der Waals surface area contributed by atoms with Crippen molar-refractivity contribution in [3.05, 3.63) is 28.5 Å². The number of fused-ring (bicyclic) bond motifs is 2. The summed E-state index contributed by atoms with van der Waals surface area (Å²) in [6, 6.07) is 2.89. The lowest BCUT2D eigenvalue weighted by Crippen LogP contribution is -2.85. The highest BCUT2D eigenvalue weighted by Gasteiger charge is 2.85. The van der Waals surface area contributed by atoms with Gasteiger partial charge in [0.1, 0.15) is 23.9 Å². The number of methoxy groups -OCH3 is 1. The maximum atomic E-state index is 14.9. The molecular formula is C29H41NO6. The second-order valence-corrected chi connectivity index (χ2v) is 14.3. The van der Waals surface area contributed by atoms with Crippen molar-refractivity contribution < 1.29 is 29.4 Å². The van der Waals surface area contributed by atoms with Crippen molar-refractivity contribution in [2.45, 2.75) is 101 Å². The molecule has 1 aromatic rings. The number of rotatable bonds is 4. The largest absolute Gasteiger partial charge is 0.632 e. The standard InChI is InChI=1S/C29H41NO6/c1-25(2,3)26(4,33)19-14-27-10-11-29(19,35-5)24-28(27)12-13-30(34,15-16-6-7-16)23(27)21(32)17-8-9-18(31)22(36-24)20(17)28/h8-9,16,19,21,23-24,31-33H,6-7,10-15H2,1-5H3/t19-,21?,23-,24-,26+,27-,28+,29-,30?/m1/s1. The molecule has 9 atom stereocenters. The fourth-order valence-corrected chi connectivity index (χ4v) is 9.95. The number of benzene rings is 1. The van der Waals surface area contributed by atoms with Crippen LogP contribution in [-0.4, -0.2) is 63.5 Å². The molecule has 1 aromatic carbocycles. The van der Waals surface area contributed by atoms with Gasteiger partial charge in [0.15, 0.2) is 11.5 Å². The van der Waals surface area contributed by atoms with Gasteiger partial charge in [-0.1, -0.05) is 26.8 Å². The number of hydroxylamine groups is 3. The third-order valence-corrected chi connectivity index (χ3v) is 12.2. The molecule has 7 aliphatic rings. The number of aliphatic hydroxyl groups is 2. The minimum Gasteiger partial charge on any atom is -0.632 e. The molecule has 36 heavy (non-hydrogen) atoms. The van der Waals surface area contributed by atoms with Gasteiger partial charge in [-0.2, -0.15) is 0 Å². The van der Waals surface area contributed by atoms with Crippen LogP contribution in [0.25, 0.3) is 0 Å². The molecule has 0 radical (unpaired) electrons. The van der Waals surface area contributed by atoms with Crippen LogP contribution in [0.3, 0.4) is 0 Å². The lowest BCUT2D eigenvalue weighted by molar-refractivity contribution is -0.930. The number of hydrogen-bond acceptors (Lipinski definition) is 6. The van der Waals surface area contributed by atoms with Crippen molar-refractivity contribution >= 4 is 0 Å². The van der Waals surface area contributed by atoms with E-state index in [-0.39, 0.29) is 16.3 Å². The van der Waals surface area contributed by atoms with Gasteiger partial charge in [-0.3, -0.25) is 0 Å². The molecular weight excluding hydrogens is 458 g/mol. The van der Waals surface area contributed by atoms with Gasteiger partial charge < -0.3 is 34.6 Å². The number of likely N-dealkylation sites (tertiary alicyclic amines) is 1. The Morgan fingerprint density at radius 3 is 2.53 bits per heavy atom. The fraction of sp³-hybridized carbons (Fsp3) is 0.793. The molecule has 2 spiro atoms. The first-order chi connectivity index (χ1) is 16.8. The van der Waals surface area contributed by atoms with E-state index >= 15 is 0 Å². The number of aromatic hydroxyl groups is 1. The van der Waals surface area contributed by atoms with Crippen LogP contribution in [0.4, 0.5) is 0 Å². The third-order valence-electron chi connectivity index (χ3n) is 12.2. The highest BCUT2D eigenvalue weighted by atomic mass is 16.6. The van der Waals surface area contributed by atoms with E-state index in [2.05, 4.69) is 20.8 Å². The minimum atomic E-state index is -1.10. The maximum absolute atomic E-state index is 14.9. The van der Waals surface area contributed by atoms with Gasteiger partial charge in [-0.05, 0) is 56.1 Å². The zero-order chi connectivity index (χ0) is 25.7. The van der Waals surface area contributed by atoms with Gasteiger partial charge in [0.05, 0.1) is 24.1 Å². The molecule has 0 aromatic heterocycles. The van der Waals surface area contributed by atoms with E-state index in [1.165, 1.54) is 0 Å². The molecule has 8 rings (SSSR count). The van der Waals surface area contributed by atoms with Crippen LogP contribution in [0, 0.1) is 27.9 Å². The number of phenolic OH excluding ortho intramolecular Hbond substituents is 1. The van der Waals surface area contributed by atoms with Crippen molar-refractivity contribution in [2.75, 3.05) is 20.2 Å². The van der Waals surface area contributed by atoms with Crippen molar-refractivity contribution in [1.29, 1.82) is 0 Å². The van der Waals surface area contributed by atoms with E-state index in [4.69, 9.17) is 9.47 Å². The van der Waals surface area contributed by atoms with Crippen LogP contribution in [-0.2, 0) is 10.2 Å². The molecule has 5 fully saturated rings. The lowest BCUT2D eigenvalue weighted by atomic mass is 9.32. The fourth-order valence-electron chi connectivity index (χ4n) is 9.95. The quantitative estimate of drug-likeness (QED) is 0.429. The molecule has 2 unspecified atom stereocenters. The highest BCUT2D eigenvalue weighted by molar-refractivity contribution is 5.63. The number of piperidine rings is 1. The number of ether oxygens (including phenoxy) is 2. The Balaban J connectivity index is 1.52. The van der Waals surface area contributed by atoms with Gasteiger partial charge in [0.2, 0.25) is 0 Å². The molecule has 7 nitrogen and oxygen atoms in total. The topological polar surface area (TPSA) is 102 Å². The second kappa shape index (κ2) is 6.60. The van der Waals surface area contributed by atoms with E-state index < -0.39 is 45.7 Å². The molecule has 5 aliphatic carbocycles. The van der Waals surface area contributed by atoms with Gasteiger partial charge >= 0.3 is 0 Å². The summed E-state index contributed by atoms with van der Waals surface area (Å²) in [5.74, 6) is 0.676. The number of quaternary nitrogens is 1. The van der Waals surface area contributed by atoms with Crippen molar-refractivity contribution in [1.82, 2.24) is 0 Å². The summed E-state index contributed by atoms with van der Waals surface area (Å²) in [6.07, 6.45) is 3.49. The summed E-state index contributed by atoms with van der Waals surface area (Å²) >= 11 is 0. The third kappa shape index (κ3) is 2.36. The predicted molar refractivity (Wildman–Crippen MR) is 133 cm³/mol. The molecule has 1 saturated heterocycles. The number of aliphatic hydroxyl groups excluding tert-OH is 1. The lowest BCUT2D eigenvalue weighted by Gasteiger charge is -2.77. The molecule has 3 N–H and O–H groups in total. The Hall–Kier alpha value is -1.38. The zero-order valence-electron chi connectivity index (χ0n) is 22.2. The number of hydrogen-bond donors (Lipinski definition) is 3. The summed E-state index contributed by atoms with van der Waals surface area (Å²) in [6.45, 7) is 9.06. The summed E-state index contributed by atoms with van der Waals surface area (Å²) in [7, 11) is 1.73. The molecule has 2 heterocycles. The average Bonchev–Trinajstić information content (AvgIpc) is 3.53. The van der Waals surface area contributed by atoms with Crippen LogP contribution in [0.15, 0.2) is 12.1 Å². The Bertz CT molecular complexity index is 1140. The number of nitrogens with zero attached hydrogens (tertiary/aromatic N) is 1. The van der Waals surface area contributed by atoms with Crippen LogP contribution in [0.1, 0.15) is 83.5 Å².